The number of aryl methyl sites for hydroxylation is 1. The van der Waals surface area contributed by atoms with Gasteiger partial charge in [-0.15, -0.1) is 0 Å². The molecule has 0 spiro atoms. The van der Waals surface area contributed by atoms with Gasteiger partial charge in [0, 0.05) is 75.9 Å². The van der Waals surface area contributed by atoms with Crippen LogP contribution in [0.3, 0.4) is 0 Å². The van der Waals surface area contributed by atoms with Crippen molar-refractivity contribution < 1.29 is 4.79 Å². The molecule has 1 N–H and O–H groups in total. The Hall–Kier alpha value is -2.47. The fourth-order valence-corrected chi connectivity index (χ4v) is 3.46. The molecule has 1 aromatic heterocycles. The molecule has 0 saturated carbocycles. The first-order valence-corrected chi connectivity index (χ1v) is 9.68. The van der Waals surface area contributed by atoms with E-state index in [9.17, 15) is 4.79 Å². The molecule has 1 amide bonds. The second-order valence-electron chi connectivity index (χ2n) is 7.29. The van der Waals surface area contributed by atoms with Crippen LogP contribution in [0, 0.1) is 6.92 Å². The molecule has 6 heteroatoms. The predicted octanol–water partition coefficient (Wildman–Crippen LogP) is 2.04. The second-order valence-corrected chi connectivity index (χ2v) is 7.29. The van der Waals surface area contributed by atoms with Crippen LogP contribution in [0.2, 0.25) is 0 Å². The van der Waals surface area contributed by atoms with Crippen molar-refractivity contribution in [3.8, 4) is 0 Å². The van der Waals surface area contributed by atoms with Gasteiger partial charge in [-0.2, -0.15) is 0 Å². The van der Waals surface area contributed by atoms with Gasteiger partial charge in [0.2, 0.25) is 5.91 Å². The van der Waals surface area contributed by atoms with Gasteiger partial charge in [0.25, 0.3) is 0 Å². The van der Waals surface area contributed by atoms with Crippen LogP contribution < -0.4 is 10.2 Å². The number of nitrogens with zero attached hydrogens (tertiary/aromatic N) is 4. The zero-order valence-electron chi connectivity index (χ0n) is 16.3. The fraction of sp³-hybridized carbons (Fsp3) is 0.476. The summed E-state index contributed by atoms with van der Waals surface area (Å²) < 4.78 is 0. The molecule has 1 fully saturated rings. The van der Waals surface area contributed by atoms with E-state index in [2.05, 4.69) is 56.3 Å². The van der Waals surface area contributed by atoms with Gasteiger partial charge in [0.15, 0.2) is 0 Å². The zero-order chi connectivity index (χ0) is 19.1. The molecule has 0 bridgehead atoms. The van der Waals surface area contributed by atoms with E-state index < -0.39 is 0 Å². The lowest BCUT2D eigenvalue weighted by atomic mass is 10.1. The third kappa shape index (κ3) is 6.03. The van der Waals surface area contributed by atoms with Crippen LogP contribution in [0.4, 0.5) is 5.69 Å². The van der Waals surface area contributed by atoms with Gasteiger partial charge in [-0.25, -0.2) is 0 Å². The number of hydrogen-bond acceptors (Lipinski definition) is 5. The smallest absolute Gasteiger partial charge is 0.221 e. The molecule has 1 aromatic carbocycles. The zero-order valence-corrected chi connectivity index (χ0v) is 16.3. The molecule has 1 atom stereocenters. The first-order chi connectivity index (χ1) is 13.1. The van der Waals surface area contributed by atoms with E-state index in [4.69, 9.17) is 0 Å². The highest BCUT2D eigenvalue weighted by atomic mass is 16.1. The average molecular weight is 367 g/mol. The maximum atomic E-state index is 12.2. The Kier molecular flexibility index (Phi) is 6.76. The molecular formula is C21H29N5O. The quantitative estimate of drug-likeness (QED) is 0.812. The Morgan fingerprint density at radius 2 is 2.04 bits per heavy atom. The molecule has 3 rings (SSSR count). The number of benzene rings is 1. The molecule has 0 unspecified atom stereocenters. The maximum Gasteiger partial charge on any atom is 0.221 e. The summed E-state index contributed by atoms with van der Waals surface area (Å²) >= 11 is 0. The van der Waals surface area contributed by atoms with Gasteiger partial charge < -0.3 is 10.2 Å². The van der Waals surface area contributed by atoms with E-state index in [-0.39, 0.29) is 11.9 Å². The maximum absolute atomic E-state index is 12.2. The van der Waals surface area contributed by atoms with E-state index in [0.717, 1.165) is 38.4 Å². The number of anilines is 1. The van der Waals surface area contributed by atoms with Crippen molar-refractivity contribution in [3.05, 3.63) is 54.1 Å². The number of rotatable bonds is 7. The van der Waals surface area contributed by atoms with Crippen molar-refractivity contribution in [2.45, 2.75) is 32.7 Å². The third-order valence-corrected chi connectivity index (χ3v) is 4.93. The summed E-state index contributed by atoms with van der Waals surface area (Å²) in [4.78, 5) is 25.3. The van der Waals surface area contributed by atoms with Crippen molar-refractivity contribution in [1.29, 1.82) is 0 Å². The minimum atomic E-state index is 0.0624. The van der Waals surface area contributed by atoms with Gasteiger partial charge in [0.1, 0.15) is 0 Å². The molecule has 27 heavy (non-hydrogen) atoms. The topological polar surface area (TPSA) is 61.4 Å². The van der Waals surface area contributed by atoms with Crippen LogP contribution in [-0.4, -0.2) is 59.5 Å². The first kappa shape index (κ1) is 19.3. The third-order valence-electron chi connectivity index (χ3n) is 4.93. The van der Waals surface area contributed by atoms with Crippen LogP contribution in [-0.2, 0) is 11.2 Å². The largest absolute Gasteiger partial charge is 0.369 e. The highest BCUT2D eigenvalue weighted by Gasteiger charge is 2.18. The molecule has 2 heterocycles. The standard InChI is InChI=1S/C21H29N5O/c1-17-4-3-5-20(14-17)26-12-10-25(11-13-26)9-6-21(27)24-18(2)15-19-16-22-7-8-23-19/h3-5,7-8,14,16,18H,6,9-13,15H2,1-2H3,(H,24,27)/t18-/m1/s1. The van der Waals surface area contributed by atoms with E-state index in [1.165, 1.54) is 11.3 Å². The molecular weight excluding hydrogens is 338 g/mol. The molecule has 1 aliphatic heterocycles. The van der Waals surface area contributed by atoms with Gasteiger partial charge in [-0.05, 0) is 31.5 Å². The monoisotopic (exact) mass is 367 g/mol. The van der Waals surface area contributed by atoms with Gasteiger partial charge >= 0.3 is 0 Å². The van der Waals surface area contributed by atoms with Crippen LogP contribution in [0.15, 0.2) is 42.9 Å². The SMILES string of the molecule is Cc1cccc(N2CCN(CCC(=O)N[C@H](C)Cc3cnccn3)CC2)c1. The first-order valence-electron chi connectivity index (χ1n) is 9.68. The summed E-state index contributed by atoms with van der Waals surface area (Å²) in [7, 11) is 0. The van der Waals surface area contributed by atoms with E-state index in [0.29, 0.717) is 12.8 Å². The number of amides is 1. The molecule has 1 saturated heterocycles. The second kappa shape index (κ2) is 9.46. The molecule has 0 radical (unpaired) electrons. The molecule has 2 aromatic rings. The molecule has 6 nitrogen and oxygen atoms in total. The summed E-state index contributed by atoms with van der Waals surface area (Å²) in [5, 5.41) is 3.07. The fourth-order valence-electron chi connectivity index (χ4n) is 3.46. The van der Waals surface area contributed by atoms with E-state index in [1.54, 1.807) is 18.6 Å². The van der Waals surface area contributed by atoms with Gasteiger partial charge in [-0.3, -0.25) is 19.7 Å². The van der Waals surface area contributed by atoms with E-state index >= 15 is 0 Å². The number of piperazine rings is 1. The number of hydrogen-bond donors (Lipinski definition) is 1. The van der Waals surface area contributed by atoms with Crippen molar-refractivity contribution in [1.82, 2.24) is 20.2 Å². The number of carbonyl (C=O) groups excluding carboxylic acids is 1. The molecule has 1 aliphatic rings. The lowest BCUT2D eigenvalue weighted by Gasteiger charge is -2.36. The lowest BCUT2D eigenvalue weighted by Crippen LogP contribution is -2.47. The minimum absolute atomic E-state index is 0.0624. The van der Waals surface area contributed by atoms with Crippen molar-refractivity contribution in [3.63, 3.8) is 0 Å². The van der Waals surface area contributed by atoms with Crippen molar-refractivity contribution in [2.75, 3.05) is 37.6 Å². The highest BCUT2D eigenvalue weighted by molar-refractivity contribution is 5.76. The van der Waals surface area contributed by atoms with E-state index in [1.807, 2.05) is 6.92 Å². The Morgan fingerprint density at radius 1 is 1.22 bits per heavy atom. The van der Waals surface area contributed by atoms with Crippen LogP contribution in [0.25, 0.3) is 0 Å². The molecule has 0 aliphatic carbocycles. The number of nitrogens with one attached hydrogen (secondary N) is 1. The number of carbonyl (C=O) groups is 1. The van der Waals surface area contributed by atoms with Crippen LogP contribution >= 0.6 is 0 Å². The van der Waals surface area contributed by atoms with Crippen molar-refractivity contribution >= 4 is 11.6 Å². The van der Waals surface area contributed by atoms with Gasteiger partial charge in [-0.1, -0.05) is 12.1 Å². The summed E-state index contributed by atoms with van der Waals surface area (Å²) in [5.74, 6) is 0.104. The Labute approximate surface area is 161 Å². The molecule has 144 valence electrons. The predicted molar refractivity (Wildman–Crippen MR) is 108 cm³/mol. The lowest BCUT2D eigenvalue weighted by molar-refractivity contribution is -0.122. The average Bonchev–Trinajstić information content (AvgIpc) is 2.67. The Morgan fingerprint density at radius 3 is 2.74 bits per heavy atom. The number of aromatic nitrogens is 2. The Bertz CT molecular complexity index is 728. The van der Waals surface area contributed by atoms with Crippen LogP contribution in [0.1, 0.15) is 24.6 Å². The van der Waals surface area contributed by atoms with Crippen LogP contribution in [0.5, 0.6) is 0 Å². The minimum Gasteiger partial charge on any atom is -0.369 e. The summed E-state index contributed by atoms with van der Waals surface area (Å²) in [6.45, 7) is 8.96. The summed E-state index contributed by atoms with van der Waals surface area (Å²) in [6, 6.07) is 8.72. The summed E-state index contributed by atoms with van der Waals surface area (Å²) in [6.07, 6.45) is 6.33. The Balaban J connectivity index is 1.36. The van der Waals surface area contributed by atoms with Gasteiger partial charge in [0.05, 0.1) is 5.69 Å². The van der Waals surface area contributed by atoms with Crippen molar-refractivity contribution in [2.24, 2.45) is 0 Å². The summed E-state index contributed by atoms with van der Waals surface area (Å²) in [5.41, 5.74) is 3.49. The normalized spacial score (nSPS) is 16.1. The highest BCUT2D eigenvalue weighted by Crippen LogP contribution is 2.17.